The fraction of sp³-hybridized carbons (Fsp3) is 0.302. The third-order valence-corrected chi connectivity index (χ3v) is 11.4. The van der Waals surface area contributed by atoms with Crippen molar-refractivity contribution in [3.8, 4) is 16.8 Å². The first kappa shape index (κ1) is 38.7. The molecule has 0 bridgehead atoms. The van der Waals surface area contributed by atoms with Crippen molar-refractivity contribution in [3.05, 3.63) is 124 Å². The van der Waals surface area contributed by atoms with E-state index in [2.05, 4.69) is 65.2 Å². The maximum Gasteiger partial charge on any atom is 0.264 e. The van der Waals surface area contributed by atoms with E-state index in [4.69, 9.17) is 16.6 Å². The molecule has 3 aliphatic heterocycles. The van der Waals surface area contributed by atoms with Crippen LogP contribution >= 0.6 is 11.6 Å². The first-order chi connectivity index (χ1) is 29.1. The van der Waals surface area contributed by atoms with Gasteiger partial charge in [-0.25, -0.2) is 0 Å². The first-order valence-corrected chi connectivity index (χ1v) is 20.4. The topological polar surface area (TPSA) is 187 Å². The van der Waals surface area contributed by atoms with E-state index in [-0.39, 0.29) is 36.6 Å². The maximum atomic E-state index is 13.4. The van der Waals surface area contributed by atoms with Crippen LogP contribution in [0.25, 0.3) is 16.8 Å². The van der Waals surface area contributed by atoms with Crippen molar-refractivity contribution >= 4 is 46.6 Å². The quantitative estimate of drug-likeness (QED) is 0.105. The average molecular weight is 825 g/mol. The molecule has 6 aromatic rings. The normalized spacial score (nSPS) is 17.2. The van der Waals surface area contributed by atoms with Crippen molar-refractivity contribution in [2.45, 2.75) is 84.1 Å². The number of carbonyl (C=O) groups is 4. The summed E-state index contributed by atoms with van der Waals surface area (Å²) in [5.74, 6) is -0.566. The summed E-state index contributed by atoms with van der Waals surface area (Å²) in [6.07, 6.45) is 9.97. The molecule has 16 nitrogen and oxygen atoms in total. The predicted octanol–water partition coefficient (Wildman–Crippen LogP) is 5.87. The fourth-order valence-corrected chi connectivity index (χ4v) is 8.24. The Morgan fingerprint density at radius 3 is 2.42 bits per heavy atom. The van der Waals surface area contributed by atoms with Crippen molar-refractivity contribution in [1.29, 1.82) is 0 Å². The fourth-order valence-electron chi connectivity index (χ4n) is 8.12. The Kier molecular flexibility index (Phi) is 10.4. The molecule has 0 aliphatic carbocycles. The monoisotopic (exact) mass is 824 g/mol. The number of aromatic nitrogens is 8. The van der Waals surface area contributed by atoms with Crippen molar-refractivity contribution in [2.75, 3.05) is 5.32 Å². The van der Waals surface area contributed by atoms with Gasteiger partial charge in [0.1, 0.15) is 23.6 Å². The molecule has 17 heteroatoms. The number of aliphatic imine (C=N–C) groups is 1. The number of piperidine rings is 1. The lowest BCUT2D eigenvalue weighted by molar-refractivity contribution is -0.136. The van der Waals surface area contributed by atoms with Crippen molar-refractivity contribution in [3.63, 3.8) is 0 Å². The van der Waals surface area contributed by atoms with Crippen LogP contribution < -0.4 is 10.6 Å². The van der Waals surface area contributed by atoms with Crippen LogP contribution in [0.4, 0.5) is 5.69 Å². The molecule has 60 heavy (non-hydrogen) atoms. The molecule has 1 unspecified atom stereocenters. The highest BCUT2D eigenvalue weighted by Gasteiger charge is 2.45. The Morgan fingerprint density at radius 1 is 0.833 bits per heavy atom. The van der Waals surface area contributed by atoms with Crippen LogP contribution in [0.2, 0.25) is 5.02 Å². The zero-order valence-corrected chi connectivity index (χ0v) is 33.8. The second kappa shape index (κ2) is 16.1. The summed E-state index contributed by atoms with van der Waals surface area (Å²) in [5.41, 5.74) is 7.44. The van der Waals surface area contributed by atoms with Gasteiger partial charge in [0.15, 0.2) is 5.82 Å². The van der Waals surface area contributed by atoms with E-state index in [1.165, 1.54) is 0 Å². The molecule has 0 saturated carbocycles. The standard InChI is InChI=1S/C43H41ClN12O4/c1-25-40-51-49-26(2)55(40)35-15-12-28(20-33(35)39(47-25)27-10-13-30(44)14-11-27)29-21-46-53(23-29)18-5-3-4-6-19-54-24-31(50-52-54)22-45-34-9-7-8-32-38(34)43(60)56(42(32)59)36-16-17-37(57)48-41(36)58/h7-15,20-21,23-25,36,45H,3-6,16-19,22H2,1-2H3,(H,48,57,58)/t25-,36?/m0/s1. The van der Waals surface area contributed by atoms with Crippen LogP contribution in [-0.2, 0) is 29.2 Å². The summed E-state index contributed by atoms with van der Waals surface area (Å²) >= 11 is 6.24. The minimum Gasteiger partial charge on any atom is -0.379 e. The number of amides is 4. The molecule has 3 aromatic carbocycles. The van der Waals surface area contributed by atoms with Gasteiger partial charge in [-0.05, 0) is 75.1 Å². The summed E-state index contributed by atoms with van der Waals surface area (Å²) < 4.78 is 5.89. The van der Waals surface area contributed by atoms with Gasteiger partial charge in [0.2, 0.25) is 11.8 Å². The molecule has 3 aromatic heterocycles. The van der Waals surface area contributed by atoms with Gasteiger partial charge in [0.05, 0.1) is 41.5 Å². The number of benzene rings is 3. The molecule has 6 heterocycles. The number of carbonyl (C=O) groups excluding carboxylic acids is 4. The Balaban J connectivity index is 0.773. The van der Waals surface area contributed by atoms with Crippen LogP contribution in [0.3, 0.4) is 0 Å². The zero-order valence-electron chi connectivity index (χ0n) is 33.0. The van der Waals surface area contributed by atoms with Crippen molar-refractivity contribution in [2.24, 2.45) is 4.99 Å². The molecule has 4 amide bonds. The average Bonchev–Trinajstić information content (AvgIpc) is 4.03. The number of nitrogens with one attached hydrogen (secondary N) is 2. The summed E-state index contributed by atoms with van der Waals surface area (Å²) in [6, 6.07) is 17.9. The zero-order chi connectivity index (χ0) is 41.5. The van der Waals surface area contributed by atoms with E-state index in [0.717, 1.165) is 82.4 Å². The van der Waals surface area contributed by atoms with Gasteiger partial charge < -0.3 is 5.32 Å². The molecular formula is C43H41ClN12O4. The molecule has 0 spiro atoms. The number of nitrogens with zero attached hydrogens (tertiary/aromatic N) is 10. The summed E-state index contributed by atoms with van der Waals surface area (Å²) in [6.45, 7) is 5.79. The van der Waals surface area contributed by atoms with Crippen LogP contribution in [0.5, 0.6) is 0 Å². The number of rotatable bonds is 13. The number of hydrogen-bond donors (Lipinski definition) is 2. The second-order valence-electron chi connectivity index (χ2n) is 15.2. The maximum absolute atomic E-state index is 13.4. The molecule has 2 atom stereocenters. The number of imide groups is 2. The van der Waals surface area contributed by atoms with E-state index >= 15 is 0 Å². The largest absolute Gasteiger partial charge is 0.379 e. The lowest BCUT2D eigenvalue weighted by Gasteiger charge is -2.27. The molecule has 3 aliphatic rings. The van der Waals surface area contributed by atoms with E-state index in [9.17, 15) is 19.2 Å². The third kappa shape index (κ3) is 7.38. The smallest absolute Gasteiger partial charge is 0.264 e. The highest BCUT2D eigenvalue weighted by Crippen LogP contribution is 2.35. The Morgan fingerprint density at radius 2 is 1.62 bits per heavy atom. The van der Waals surface area contributed by atoms with Gasteiger partial charge >= 0.3 is 0 Å². The number of anilines is 1. The molecular weight excluding hydrogens is 784 g/mol. The van der Waals surface area contributed by atoms with Crippen LogP contribution in [0.1, 0.15) is 101 Å². The highest BCUT2D eigenvalue weighted by atomic mass is 35.5. The van der Waals surface area contributed by atoms with Crippen molar-refractivity contribution in [1.82, 2.24) is 49.8 Å². The Bertz CT molecular complexity index is 2700. The van der Waals surface area contributed by atoms with Gasteiger partial charge in [0.25, 0.3) is 11.8 Å². The lowest BCUT2D eigenvalue weighted by atomic mass is 9.96. The van der Waals surface area contributed by atoms with Gasteiger partial charge in [-0.2, -0.15) is 5.10 Å². The van der Waals surface area contributed by atoms with Crippen molar-refractivity contribution < 1.29 is 19.2 Å². The number of unbranched alkanes of at least 4 members (excludes halogenated alkanes) is 3. The number of aryl methyl sites for hydroxylation is 3. The Labute approximate surface area is 349 Å². The first-order valence-electron chi connectivity index (χ1n) is 20.0. The molecule has 0 radical (unpaired) electrons. The van der Waals surface area contributed by atoms with Crippen LogP contribution in [0.15, 0.2) is 84.2 Å². The summed E-state index contributed by atoms with van der Waals surface area (Å²) in [5, 5.41) is 28.2. The predicted molar refractivity (Wildman–Crippen MR) is 222 cm³/mol. The molecule has 9 rings (SSSR count). The van der Waals surface area contributed by atoms with Gasteiger partial charge in [-0.3, -0.25) is 48.3 Å². The number of hydrogen-bond acceptors (Lipinski definition) is 11. The van der Waals surface area contributed by atoms with Gasteiger partial charge in [-0.15, -0.1) is 15.3 Å². The number of fused-ring (bicyclic) bond motifs is 4. The van der Waals surface area contributed by atoms with E-state index in [1.54, 1.807) is 22.9 Å². The summed E-state index contributed by atoms with van der Waals surface area (Å²) in [4.78, 5) is 56.8. The van der Waals surface area contributed by atoms with E-state index < -0.39 is 29.7 Å². The van der Waals surface area contributed by atoms with Crippen LogP contribution in [0, 0.1) is 6.92 Å². The number of halogens is 1. The highest BCUT2D eigenvalue weighted by molar-refractivity contribution is 6.30. The van der Waals surface area contributed by atoms with E-state index in [0.29, 0.717) is 22.9 Å². The lowest BCUT2D eigenvalue weighted by Crippen LogP contribution is -2.54. The van der Waals surface area contributed by atoms with Crippen LogP contribution in [-0.4, -0.2) is 79.8 Å². The summed E-state index contributed by atoms with van der Waals surface area (Å²) in [7, 11) is 0. The molecule has 1 saturated heterocycles. The molecule has 2 N–H and O–H groups in total. The molecule has 304 valence electrons. The van der Waals surface area contributed by atoms with E-state index in [1.807, 2.05) is 55.2 Å². The SMILES string of the molecule is Cc1nnc2n1-c1ccc(-c3cnn(CCCCCCn4cc(CNc5cccc6c5C(=O)N(C5CCC(=O)NC5=O)C6=O)nn4)c3)cc1C(c1ccc(Cl)cc1)=N[C@H]2C. The molecule has 1 fully saturated rings. The van der Waals surface area contributed by atoms with Gasteiger partial charge in [0, 0.05) is 53.1 Å². The minimum atomic E-state index is -1.02. The minimum absolute atomic E-state index is 0.0618. The second-order valence-corrected chi connectivity index (χ2v) is 15.7. The third-order valence-electron chi connectivity index (χ3n) is 11.2. The van der Waals surface area contributed by atoms with Gasteiger partial charge in [-0.1, -0.05) is 53.9 Å². The Hall–Kier alpha value is -6.81.